The summed E-state index contributed by atoms with van der Waals surface area (Å²) in [5.74, 6) is -0.780. The summed E-state index contributed by atoms with van der Waals surface area (Å²) < 4.78 is 5.93. The molecular weight excluding hydrogens is 569 g/mol. The van der Waals surface area contributed by atoms with E-state index in [4.69, 9.17) is 28.2 Å². The molecule has 2 aliphatic rings. The molecule has 1 saturated heterocycles. The molecule has 38 heavy (non-hydrogen) atoms. The number of hydrogen-bond acceptors (Lipinski definition) is 13. The number of nitrogens with two attached hydrogens (primary N) is 1. The molecule has 5 heterocycles. The Bertz CT molecular complexity index is 1500. The molecule has 2 aliphatic heterocycles. The Labute approximate surface area is 234 Å². The van der Waals surface area contributed by atoms with Gasteiger partial charge in [0.2, 0.25) is 11.5 Å². The van der Waals surface area contributed by atoms with Crippen LogP contribution in [0.25, 0.3) is 16.8 Å². The molecule has 3 aromatic rings. The van der Waals surface area contributed by atoms with Gasteiger partial charge in [0.1, 0.15) is 30.1 Å². The highest BCUT2D eigenvalue weighted by atomic mass is 32.2. The van der Waals surface area contributed by atoms with Crippen molar-refractivity contribution in [1.82, 2.24) is 24.6 Å². The number of aromatic nitrogens is 4. The molecule has 0 aliphatic carbocycles. The van der Waals surface area contributed by atoms with Crippen LogP contribution in [-0.4, -0.2) is 65.7 Å². The number of pyridine rings is 1. The van der Waals surface area contributed by atoms with Crippen LogP contribution in [0.1, 0.15) is 17.8 Å². The van der Waals surface area contributed by atoms with Gasteiger partial charge in [0.15, 0.2) is 17.5 Å². The largest absolute Gasteiger partial charge is 0.735 e. The molecule has 3 aromatic heterocycles. The number of amides is 2. The maximum absolute atomic E-state index is 13.2. The molecule has 0 saturated carbocycles. The lowest BCUT2D eigenvalue weighted by atomic mass is 10.0. The molecule has 0 aromatic carbocycles. The van der Waals surface area contributed by atoms with E-state index in [9.17, 15) is 14.4 Å². The number of thiazole rings is 1. The number of aryl methyl sites for hydroxylation is 1. The maximum atomic E-state index is 13.2. The van der Waals surface area contributed by atoms with Gasteiger partial charge in [0.05, 0.1) is 22.1 Å². The molecule has 2 amide bonds. The second-order valence-corrected chi connectivity index (χ2v) is 11.2. The molecule has 0 unspecified atom stereocenters. The zero-order valence-corrected chi connectivity index (χ0v) is 23.2. The number of hydrogen-bond donors (Lipinski definition) is 2. The van der Waals surface area contributed by atoms with E-state index < -0.39 is 28.3 Å². The highest BCUT2D eigenvalue weighted by Gasteiger charge is 2.53. The van der Waals surface area contributed by atoms with Crippen molar-refractivity contribution < 1.29 is 23.8 Å². The van der Waals surface area contributed by atoms with Crippen molar-refractivity contribution in [2.24, 2.45) is 12.2 Å². The first-order chi connectivity index (χ1) is 18.3. The third-order valence-electron chi connectivity index (χ3n) is 5.60. The van der Waals surface area contributed by atoms with Crippen LogP contribution >= 0.6 is 34.6 Å². The standard InChI is InChI=1S/C22H20N8O4S4/c1-3-34-27-13(16-26-22(23)38-28-16)17(31)25-14-19(32)30-15(21(33)35)11(8-37-20(14)30)18-24-12(9-36-18)10-5-4-6-29(2)7-10/h4-7,9,14,20H,3,8H2,1-2H3,(H3-,23,25,26,28,31,33,35)/b27-13-/t14-,20-/m1/s1. The summed E-state index contributed by atoms with van der Waals surface area (Å²) in [5.41, 5.74) is 7.84. The van der Waals surface area contributed by atoms with Crippen LogP contribution in [0.15, 0.2) is 40.8 Å². The average Bonchev–Trinajstić information content (AvgIpc) is 3.56. The summed E-state index contributed by atoms with van der Waals surface area (Å²) in [6.45, 7) is 1.92. The Balaban J connectivity index is 1.38. The third kappa shape index (κ3) is 4.87. The van der Waals surface area contributed by atoms with Gasteiger partial charge >= 0.3 is 0 Å². The maximum Gasteiger partial charge on any atom is 0.278 e. The molecule has 1 fully saturated rings. The highest BCUT2D eigenvalue weighted by molar-refractivity contribution is 8.00. The van der Waals surface area contributed by atoms with Gasteiger partial charge in [-0.1, -0.05) is 5.16 Å². The Morgan fingerprint density at radius 3 is 2.89 bits per heavy atom. The minimum atomic E-state index is -0.905. The predicted octanol–water partition coefficient (Wildman–Crippen LogP) is 0.694. The lowest BCUT2D eigenvalue weighted by molar-refractivity contribution is -0.671. The molecule has 0 bridgehead atoms. The van der Waals surface area contributed by atoms with Gasteiger partial charge in [-0.15, -0.1) is 23.1 Å². The zero-order valence-electron chi connectivity index (χ0n) is 20.0. The molecule has 5 rings (SSSR count). The SMILES string of the molecule is CCO/N=C(\C(=O)N[C@@H]1C(=O)N2C(C(=O)[S-])=C(c3nc(-c4ccc[n+](C)c4)cs3)CS[C@H]12)c1nsc(N)n1. The number of thioether (sulfide) groups is 1. The van der Waals surface area contributed by atoms with Crippen LogP contribution < -0.4 is 15.6 Å². The smallest absolute Gasteiger partial charge is 0.278 e. The van der Waals surface area contributed by atoms with Gasteiger partial charge in [0.25, 0.3) is 11.8 Å². The van der Waals surface area contributed by atoms with Crippen LogP contribution in [0.2, 0.25) is 0 Å². The van der Waals surface area contributed by atoms with E-state index in [-0.39, 0.29) is 29.0 Å². The number of rotatable bonds is 8. The van der Waals surface area contributed by atoms with Crippen LogP contribution in [-0.2, 0) is 38.9 Å². The Kier molecular flexibility index (Phi) is 7.38. The summed E-state index contributed by atoms with van der Waals surface area (Å²) in [6, 6.07) is 2.96. The number of carbonyl (C=O) groups is 3. The van der Waals surface area contributed by atoms with E-state index in [1.54, 1.807) is 6.92 Å². The van der Waals surface area contributed by atoms with Crippen molar-refractivity contribution >= 4 is 80.6 Å². The van der Waals surface area contributed by atoms with E-state index in [0.717, 1.165) is 22.8 Å². The van der Waals surface area contributed by atoms with Crippen molar-refractivity contribution in [2.75, 3.05) is 18.1 Å². The number of nitrogen functional groups attached to an aromatic ring is 1. The second kappa shape index (κ2) is 10.7. The van der Waals surface area contributed by atoms with Crippen LogP contribution in [0.4, 0.5) is 5.13 Å². The first-order valence-corrected chi connectivity index (χ1v) is 14.3. The zero-order chi connectivity index (χ0) is 27.0. The number of β-lactam (4-membered cyclic amide) rings is 1. The average molecular weight is 589 g/mol. The van der Waals surface area contributed by atoms with Crippen molar-refractivity contribution in [3.63, 3.8) is 0 Å². The summed E-state index contributed by atoms with van der Waals surface area (Å²) in [4.78, 5) is 53.8. The minimum absolute atomic E-state index is 0.00596. The van der Waals surface area contributed by atoms with E-state index in [1.165, 1.54) is 28.0 Å². The highest BCUT2D eigenvalue weighted by Crippen LogP contribution is 2.44. The van der Waals surface area contributed by atoms with Gasteiger partial charge in [-0.05, 0) is 13.0 Å². The van der Waals surface area contributed by atoms with E-state index in [1.807, 2.05) is 41.5 Å². The number of anilines is 1. The first kappa shape index (κ1) is 26.1. The molecule has 196 valence electrons. The molecule has 0 spiro atoms. The van der Waals surface area contributed by atoms with Crippen molar-refractivity contribution in [1.29, 1.82) is 0 Å². The quantitative estimate of drug-likeness (QED) is 0.126. The Hall–Kier alpha value is -3.47. The van der Waals surface area contributed by atoms with Gasteiger partial charge in [-0.3, -0.25) is 14.5 Å². The summed E-state index contributed by atoms with van der Waals surface area (Å²) in [7, 11) is 1.92. The Morgan fingerprint density at radius 1 is 1.39 bits per heavy atom. The Morgan fingerprint density at radius 2 is 2.21 bits per heavy atom. The third-order valence-corrected chi connectivity index (χ3v) is 8.52. The summed E-state index contributed by atoms with van der Waals surface area (Å²) in [5, 5.41) is 7.96. The van der Waals surface area contributed by atoms with Gasteiger partial charge in [-0.2, -0.15) is 9.36 Å². The molecule has 2 atom stereocenters. The molecule has 0 radical (unpaired) electrons. The van der Waals surface area contributed by atoms with E-state index in [2.05, 4.69) is 19.8 Å². The fraction of sp³-hybridized carbons (Fsp3) is 0.273. The molecular formula is C22H20N8O4S4. The number of carbonyl (C=O) groups excluding carboxylic acids is 3. The summed E-state index contributed by atoms with van der Waals surface area (Å²) in [6.07, 6.45) is 3.87. The monoisotopic (exact) mass is 588 g/mol. The van der Waals surface area contributed by atoms with Crippen LogP contribution in [0.3, 0.4) is 0 Å². The van der Waals surface area contributed by atoms with Gasteiger partial charge < -0.3 is 33.3 Å². The molecule has 12 nitrogen and oxygen atoms in total. The number of fused-ring (bicyclic) bond motifs is 1. The van der Waals surface area contributed by atoms with Crippen molar-refractivity contribution in [3.05, 3.63) is 46.4 Å². The second-order valence-electron chi connectivity index (χ2n) is 8.09. The van der Waals surface area contributed by atoms with Gasteiger partial charge in [-0.25, -0.2) is 9.55 Å². The number of oxime groups is 1. The number of nitrogens with zero attached hydrogens (tertiary/aromatic N) is 6. The lowest BCUT2D eigenvalue weighted by Gasteiger charge is -2.50. The van der Waals surface area contributed by atoms with Crippen LogP contribution in [0, 0.1) is 0 Å². The van der Waals surface area contributed by atoms with Gasteiger partial charge in [0, 0.05) is 34.3 Å². The van der Waals surface area contributed by atoms with Crippen molar-refractivity contribution in [2.45, 2.75) is 18.3 Å². The summed E-state index contributed by atoms with van der Waals surface area (Å²) >= 11 is 8.70. The van der Waals surface area contributed by atoms with E-state index >= 15 is 0 Å². The topological polar surface area (TPSA) is 157 Å². The fourth-order valence-electron chi connectivity index (χ4n) is 3.91. The van der Waals surface area contributed by atoms with Crippen molar-refractivity contribution in [3.8, 4) is 11.3 Å². The lowest BCUT2D eigenvalue weighted by Crippen LogP contribution is -2.70. The molecule has 16 heteroatoms. The van der Waals surface area contributed by atoms with E-state index in [0.29, 0.717) is 16.3 Å². The molecule has 3 N–H and O–H groups in total. The normalized spacial score (nSPS) is 19.2. The van der Waals surface area contributed by atoms with Crippen LogP contribution in [0.5, 0.6) is 0 Å². The predicted molar refractivity (Wildman–Crippen MR) is 146 cm³/mol. The fourth-order valence-corrected chi connectivity index (χ4v) is 6.88. The minimum Gasteiger partial charge on any atom is -0.735 e. The first-order valence-electron chi connectivity index (χ1n) is 11.2. The number of nitrogens with one attached hydrogen (secondary N) is 1.